The number of rotatable bonds is 12. The van der Waals surface area contributed by atoms with Gasteiger partial charge in [-0.05, 0) is 16.5 Å². The van der Waals surface area contributed by atoms with Gasteiger partial charge in [0.25, 0.3) is 11.8 Å². The van der Waals surface area contributed by atoms with Gasteiger partial charge in [-0.3, -0.25) is 14.4 Å². The van der Waals surface area contributed by atoms with Gasteiger partial charge in [0.1, 0.15) is 0 Å². The lowest BCUT2D eigenvalue weighted by Crippen LogP contribution is -2.38. The van der Waals surface area contributed by atoms with Crippen molar-refractivity contribution in [3.05, 3.63) is 35.4 Å². The van der Waals surface area contributed by atoms with Crippen LogP contribution in [-0.4, -0.2) is 48.5 Å². The van der Waals surface area contributed by atoms with Gasteiger partial charge >= 0.3 is 5.97 Å². The van der Waals surface area contributed by atoms with Crippen LogP contribution < -0.4 is 11.1 Å². The number of ether oxygens (including phenoxy) is 1. The minimum Gasteiger partial charge on any atom is -0.380 e. The highest BCUT2D eigenvalue weighted by Gasteiger charge is 2.34. The molecule has 3 amide bonds. The Morgan fingerprint density at radius 2 is 1.52 bits per heavy atom. The largest absolute Gasteiger partial charge is 0.380 e. The molecule has 1 aliphatic heterocycles. The summed E-state index contributed by atoms with van der Waals surface area (Å²) in [5.41, 5.74) is 6.66. The predicted octanol–water partition coefficient (Wildman–Crippen LogP) is 1.87. The second kappa shape index (κ2) is 11.4. The molecule has 2 rings (SSSR count). The Hall–Kier alpha value is -2.78. The van der Waals surface area contributed by atoms with Gasteiger partial charge in [0.2, 0.25) is 5.91 Å². The Morgan fingerprint density at radius 1 is 0.970 bits per heavy atom. The molecule has 1 fully saturated rings. The first-order valence-corrected chi connectivity index (χ1v) is 11.1. The minimum atomic E-state index is -0.654. The van der Waals surface area contributed by atoms with Crippen LogP contribution in [0, 0.1) is 10.8 Å². The lowest BCUT2D eigenvalue weighted by atomic mass is 9.90. The highest BCUT2D eigenvalue weighted by Crippen LogP contribution is 2.24. The quantitative estimate of drug-likeness (QED) is 0.455. The van der Waals surface area contributed by atoms with Crippen molar-refractivity contribution in [1.82, 2.24) is 10.4 Å². The summed E-state index contributed by atoms with van der Waals surface area (Å²) in [7, 11) is 0. The Labute approximate surface area is 194 Å². The highest BCUT2D eigenvalue weighted by atomic mass is 16.7. The zero-order chi connectivity index (χ0) is 24.6. The van der Waals surface area contributed by atoms with Crippen LogP contribution >= 0.6 is 0 Å². The zero-order valence-corrected chi connectivity index (χ0v) is 19.9. The first-order chi connectivity index (χ1) is 15.4. The zero-order valence-electron chi connectivity index (χ0n) is 19.9. The maximum atomic E-state index is 12.3. The van der Waals surface area contributed by atoms with Crippen molar-refractivity contribution in [3.8, 4) is 0 Å². The van der Waals surface area contributed by atoms with Crippen LogP contribution in [0.4, 0.5) is 0 Å². The standard InChI is InChI=1S/C24H35N3O6/c1-23(2,12-22(31)33-27-20(29)9-10-21(27)30)15-32-16-24(3,4)14-26-19(28)11-17-5-7-18(13-25)8-6-17/h5-8H,9-16,25H2,1-4H3,(H,26,28). The smallest absolute Gasteiger partial charge is 0.333 e. The molecule has 0 aliphatic carbocycles. The summed E-state index contributed by atoms with van der Waals surface area (Å²) in [6.45, 7) is 9.20. The number of amides is 3. The predicted molar refractivity (Wildman–Crippen MR) is 121 cm³/mol. The topological polar surface area (TPSA) is 128 Å². The summed E-state index contributed by atoms with van der Waals surface area (Å²) in [6.07, 6.45) is 0.402. The third-order valence-corrected chi connectivity index (χ3v) is 5.19. The van der Waals surface area contributed by atoms with E-state index in [-0.39, 0.29) is 37.2 Å². The van der Waals surface area contributed by atoms with Gasteiger partial charge in [0, 0.05) is 31.3 Å². The van der Waals surface area contributed by atoms with E-state index in [0.717, 1.165) is 11.1 Å². The number of nitrogens with one attached hydrogen (secondary N) is 1. The lowest BCUT2D eigenvalue weighted by molar-refractivity contribution is -0.199. The van der Waals surface area contributed by atoms with Crippen molar-refractivity contribution in [3.63, 3.8) is 0 Å². The van der Waals surface area contributed by atoms with E-state index >= 15 is 0 Å². The summed E-state index contributed by atoms with van der Waals surface area (Å²) in [5, 5.41) is 3.49. The van der Waals surface area contributed by atoms with Crippen LogP contribution in [0.25, 0.3) is 0 Å². The summed E-state index contributed by atoms with van der Waals surface area (Å²) < 4.78 is 5.83. The Balaban J connectivity index is 1.71. The molecule has 0 spiro atoms. The normalized spacial score (nSPS) is 14.5. The molecule has 0 saturated carbocycles. The number of benzene rings is 1. The van der Waals surface area contributed by atoms with Crippen molar-refractivity contribution < 1.29 is 28.8 Å². The van der Waals surface area contributed by atoms with Crippen molar-refractivity contribution >= 4 is 23.7 Å². The fraction of sp³-hybridized carbons (Fsp3) is 0.583. The Kier molecular flexibility index (Phi) is 9.13. The first kappa shape index (κ1) is 26.5. The fourth-order valence-corrected chi connectivity index (χ4v) is 3.27. The van der Waals surface area contributed by atoms with Crippen molar-refractivity contribution in [2.24, 2.45) is 16.6 Å². The molecule has 1 saturated heterocycles. The van der Waals surface area contributed by atoms with E-state index in [0.29, 0.717) is 31.2 Å². The maximum absolute atomic E-state index is 12.3. The molecule has 0 radical (unpaired) electrons. The molecule has 182 valence electrons. The van der Waals surface area contributed by atoms with E-state index in [1.54, 1.807) is 0 Å². The average Bonchev–Trinajstić information content (AvgIpc) is 3.04. The number of hydrogen-bond donors (Lipinski definition) is 2. The fourth-order valence-electron chi connectivity index (χ4n) is 3.27. The second-order valence-electron chi connectivity index (χ2n) is 10.0. The van der Waals surface area contributed by atoms with E-state index in [4.69, 9.17) is 15.3 Å². The molecule has 1 heterocycles. The Bertz CT molecular complexity index is 847. The van der Waals surface area contributed by atoms with E-state index in [1.807, 2.05) is 52.0 Å². The number of carbonyl (C=O) groups is 4. The number of hydrogen-bond acceptors (Lipinski definition) is 7. The SMILES string of the molecule is CC(C)(CNC(=O)Cc1ccc(CN)cc1)COCC(C)(C)CC(=O)ON1C(=O)CCC1=O. The molecule has 0 aromatic heterocycles. The summed E-state index contributed by atoms with van der Waals surface area (Å²) in [4.78, 5) is 52.5. The van der Waals surface area contributed by atoms with E-state index in [9.17, 15) is 19.2 Å². The van der Waals surface area contributed by atoms with Gasteiger partial charge in [-0.25, -0.2) is 4.79 Å². The molecule has 9 heteroatoms. The molecular weight excluding hydrogens is 426 g/mol. The molecule has 0 bridgehead atoms. The molecule has 33 heavy (non-hydrogen) atoms. The average molecular weight is 462 g/mol. The summed E-state index contributed by atoms with van der Waals surface area (Å²) in [5.74, 6) is -1.73. The molecule has 0 atom stereocenters. The van der Waals surface area contributed by atoms with E-state index in [1.165, 1.54) is 0 Å². The van der Waals surface area contributed by atoms with Crippen LogP contribution in [0.3, 0.4) is 0 Å². The molecule has 0 unspecified atom stereocenters. The number of hydroxylamine groups is 2. The number of carbonyl (C=O) groups excluding carboxylic acids is 4. The molecule has 3 N–H and O–H groups in total. The molecular formula is C24H35N3O6. The molecule has 1 aromatic rings. The minimum absolute atomic E-state index is 0.00975. The summed E-state index contributed by atoms with van der Waals surface area (Å²) >= 11 is 0. The van der Waals surface area contributed by atoms with Crippen LogP contribution in [0.2, 0.25) is 0 Å². The van der Waals surface area contributed by atoms with Crippen LogP contribution in [0.15, 0.2) is 24.3 Å². The maximum Gasteiger partial charge on any atom is 0.333 e. The first-order valence-electron chi connectivity index (χ1n) is 11.1. The number of nitrogens with zero attached hydrogens (tertiary/aromatic N) is 1. The molecule has 1 aliphatic rings. The van der Waals surface area contributed by atoms with Crippen molar-refractivity contribution in [1.29, 1.82) is 0 Å². The lowest BCUT2D eigenvalue weighted by Gasteiger charge is -2.29. The third-order valence-electron chi connectivity index (χ3n) is 5.19. The highest BCUT2D eigenvalue weighted by molar-refractivity contribution is 6.01. The van der Waals surface area contributed by atoms with Crippen molar-refractivity contribution in [2.45, 2.75) is 59.9 Å². The van der Waals surface area contributed by atoms with Gasteiger partial charge in [-0.2, -0.15) is 0 Å². The monoisotopic (exact) mass is 461 g/mol. The van der Waals surface area contributed by atoms with E-state index in [2.05, 4.69) is 5.32 Å². The van der Waals surface area contributed by atoms with Gasteiger partial charge < -0.3 is 20.6 Å². The summed E-state index contributed by atoms with van der Waals surface area (Å²) in [6, 6.07) is 7.63. The Morgan fingerprint density at radius 3 is 2.09 bits per heavy atom. The van der Waals surface area contributed by atoms with Gasteiger partial charge in [-0.15, -0.1) is 5.06 Å². The van der Waals surface area contributed by atoms with Crippen molar-refractivity contribution in [2.75, 3.05) is 19.8 Å². The van der Waals surface area contributed by atoms with Crippen LogP contribution in [0.5, 0.6) is 0 Å². The number of nitrogens with two attached hydrogens (primary N) is 1. The second-order valence-corrected chi connectivity index (χ2v) is 10.0. The van der Waals surface area contributed by atoms with Crippen LogP contribution in [0.1, 0.15) is 58.1 Å². The third kappa shape index (κ3) is 8.94. The number of imide groups is 1. The van der Waals surface area contributed by atoms with Crippen LogP contribution in [-0.2, 0) is 41.7 Å². The van der Waals surface area contributed by atoms with Gasteiger partial charge in [0.05, 0.1) is 26.1 Å². The van der Waals surface area contributed by atoms with Gasteiger partial charge in [0.15, 0.2) is 0 Å². The van der Waals surface area contributed by atoms with E-state index < -0.39 is 23.2 Å². The van der Waals surface area contributed by atoms with Gasteiger partial charge in [-0.1, -0.05) is 52.0 Å². The molecule has 9 nitrogen and oxygen atoms in total. The molecule has 1 aromatic carbocycles.